The van der Waals surface area contributed by atoms with Crippen LogP contribution in [0.5, 0.6) is 0 Å². The van der Waals surface area contributed by atoms with Gasteiger partial charge in [-0.2, -0.15) is 0 Å². The van der Waals surface area contributed by atoms with Crippen LogP contribution in [0.15, 0.2) is 28.7 Å². The maximum atomic E-state index is 12.0. The Morgan fingerprint density at radius 1 is 1.41 bits per heavy atom. The Bertz CT molecular complexity index is 393. The molecule has 2 N–H and O–H groups in total. The van der Waals surface area contributed by atoms with Gasteiger partial charge in [-0.15, -0.1) is 0 Å². The highest BCUT2D eigenvalue weighted by molar-refractivity contribution is 9.10. The van der Waals surface area contributed by atoms with Crippen molar-refractivity contribution in [1.82, 2.24) is 4.90 Å². The predicted octanol–water partition coefficient (Wildman–Crippen LogP) is 2.39. The van der Waals surface area contributed by atoms with Crippen LogP contribution in [-0.2, 0) is 11.3 Å². The topological polar surface area (TPSA) is 46.3 Å². The van der Waals surface area contributed by atoms with E-state index in [2.05, 4.69) is 15.9 Å². The lowest BCUT2D eigenvalue weighted by Crippen LogP contribution is -2.44. The lowest BCUT2D eigenvalue weighted by atomic mass is 10.0. The van der Waals surface area contributed by atoms with Crippen molar-refractivity contribution < 1.29 is 4.79 Å². The summed E-state index contributed by atoms with van der Waals surface area (Å²) >= 11 is 3.47. The van der Waals surface area contributed by atoms with Gasteiger partial charge in [-0.25, -0.2) is 0 Å². The zero-order valence-electron chi connectivity index (χ0n) is 10.5. The lowest BCUT2D eigenvalue weighted by molar-refractivity contribution is -0.132. The molecule has 0 aliphatic heterocycles. The SMILES string of the molecule is CC(C)C(N)C(=O)N(C)Cc1ccccc1Br. The van der Waals surface area contributed by atoms with Gasteiger partial charge in [0.05, 0.1) is 6.04 Å². The largest absolute Gasteiger partial charge is 0.340 e. The maximum Gasteiger partial charge on any atom is 0.239 e. The third-order valence-corrected chi connectivity index (χ3v) is 3.52. The van der Waals surface area contributed by atoms with Gasteiger partial charge < -0.3 is 10.6 Å². The summed E-state index contributed by atoms with van der Waals surface area (Å²) in [5.41, 5.74) is 6.93. The second-order valence-electron chi connectivity index (χ2n) is 4.56. The smallest absolute Gasteiger partial charge is 0.239 e. The highest BCUT2D eigenvalue weighted by Crippen LogP contribution is 2.17. The number of nitrogens with zero attached hydrogens (tertiary/aromatic N) is 1. The molecule has 0 radical (unpaired) electrons. The van der Waals surface area contributed by atoms with Gasteiger partial charge in [0.2, 0.25) is 5.91 Å². The molecular weight excluding hydrogens is 280 g/mol. The second kappa shape index (κ2) is 6.17. The quantitative estimate of drug-likeness (QED) is 0.928. The number of amides is 1. The highest BCUT2D eigenvalue weighted by atomic mass is 79.9. The van der Waals surface area contributed by atoms with Gasteiger partial charge in [-0.3, -0.25) is 4.79 Å². The molecule has 3 nitrogen and oxygen atoms in total. The number of likely N-dealkylation sites (N-methyl/N-ethyl adjacent to an activating group) is 1. The molecule has 94 valence electrons. The monoisotopic (exact) mass is 298 g/mol. The van der Waals surface area contributed by atoms with Crippen molar-refractivity contribution in [1.29, 1.82) is 0 Å². The lowest BCUT2D eigenvalue weighted by Gasteiger charge is -2.23. The van der Waals surface area contributed by atoms with E-state index in [4.69, 9.17) is 5.73 Å². The van der Waals surface area contributed by atoms with Crippen LogP contribution in [0, 0.1) is 5.92 Å². The van der Waals surface area contributed by atoms with Gasteiger partial charge >= 0.3 is 0 Å². The molecule has 0 bridgehead atoms. The van der Waals surface area contributed by atoms with Crippen LogP contribution >= 0.6 is 15.9 Å². The summed E-state index contributed by atoms with van der Waals surface area (Å²) in [4.78, 5) is 13.7. The summed E-state index contributed by atoms with van der Waals surface area (Å²) in [6, 6.07) is 7.45. The Labute approximate surface area is 111 Å². The van der Waals surface area contributed by atoms with E-state index in [0.29, 0.717) is 6.54 Å². The van der Waals surface area contributed by atoms with Crippen molar-refractivity contribution in [2.24, 2.45) is 11.7 Å². The van der Waals surface area contributed by atoms with E-state index in [1.807, 2.05) is 38.1 Å². The molecule has 1 aromatic rings. The zero-order valence-corrected chi connectivity index (χ0v) is 12.1. The van der Waals surface area contributed by atoms with Crippen LogP contribution < -0.4 is 5.73 Å². The van der Waals surface area contributed by atoms with Crippen molar-refractivity contribution in [3.05, 3.63) is 34.3 Å². The van der Waals surface area contributed by atoms with Gasteiger partial charge in [0.25, 0.3) is 0 Å². The Kier molecular flexibility index (Phi) is 5.15. The molecule has 1 unspecified atom stereocenters. The average molecular weight is 299 g/mol. The Morgan fingerprint density at radius 3 is 2.53 bits per heavy atom. The molecule has 1 rings (SSSR count). The first-order chi connectivity index (χ1) is 7.93. The van der Waals surface area contributed by atoms with Crippen LogP contribution in [0.25, 0.3) is 0 Å². The molecule has 17 heavy (non-hydrogen) atoms. The van der Waals surface area contributed by atoms with Gasteiger partial charge in [0.15, 0.2) is 0 Å². The third-order valence-electron chi connectivity index (χ3n) is 2.74. The fraction of sp³-hybridized carbons (Fsp3) is 0.462. The first-order valence-electron chi connectivity index (χ1n) is 5.67. The summed E-state index contributed by atoms with van der Waals surface area (Å²) < 4.78 is 1.01. The Hall–Kier alpha value is -0.870. The van der Waals surface area contributed by atoms with Crippen LogP contribution in [-0.4, -0.2) is 23.9 Å². The molecule has 0 aliphatic rings. The van der Waals surface area contributed by atoms with Crippen LogP contribution in [0.3, 0.4) is 0 Å². The minimum atomic E-state index is -0.428. The van der Waals surface area contributed by atoms with Crippen LogP contribution in [0.1, 0.15) is 19.4 Å². The van der Waals surface area contributed by atoms with Gasteiger partial charge in [0, 0.05) is 18.1 Å². The summed E-state index contributed by atoms with van der Waals surface area (Å²) in [5.74, 6) is 0.139. The molecule has 0 heterocycles. The van der Waals surface area contributed by atoms with E-state index in [0.717, 1.165) is 10.0 Å². The van der Waals surface area contributed by atoms with Crippen molar-refractivity contribution in [3.8, 4) is 0 Å². The standard InChI is InChI=1S/C13H19BrN2O/c1-9(2)12(15)13(17)16(3)8-10-6-4-5-7-11(10)14/h4-7,9,12H,8,15H2,1-3H3. The van der Waals surface area contributed by atoms with E-state index in [1.165, 1.54) is 0 Å². The number of hydrogen-bond acceptors (Lipinski definition) is 2. The number of carbonyl (C=O) groups excluding carboxylic acids is 1. The molecule has 0 saturated heterocycles. The molecule has 1 atom stereocenters. The number of carbonyl (C=O) groups is 1. The van der Waals surface area contributed by atoms with Gasteiger partial charge in [-0.1, -0.05) is 48.0 Å². The van der Waals surface area contributed by atoms with Gasteiger partial charge in [0.1, 0.15) is 0 Å². The molecule has 1 amide bonds. The number of rotatable bonds is 4. The maximum absolute atomic E-state index is 12.0. The fourth-order valence-corrected chi connectivity index (χ4v) is 1.91. The molecular formula is C13H19BrN2O. The molecule has 0 aromatic heterocycles. The van der Waals surface area contributed by atoms with Crippen molar-refractivity contribution in [2.75, 3.05) is 7.05 Å². The summed E-state index contributed by atoms with van der Waals surface area (Å²) in [6.07, 6.45) is 0. The first kappa shape index (κ1) is 14.2. The fourth-order valence-electron chi connectivity index (χ4n) is 1.50. The van der Waals surface area contributed by atoms with Crippen LogP contribution in [0.4, 0.5) is 0 Å². The summed E-state index contributed by atoms with van der Waals surface area (Å²) in [5, 5.41) is 0. The van der Waals surface area contributed by atoms with Gasteiger partial charge in [-0.05, 0) is 17.5 Å². The third kappa shape index (κ3) is 3.82. The van der Waals surface area contributed by atoms with E-state index in [9.17, 15) is 4.79 Å². The number of nitrogens with two attached hydrogens (primary N) is 1. The summed E-state index contributed by atoms with van der Waals surface area (Å²) in [7, 11) is 1.78. The predicted molar refractivity (Wildman–Crippen MR) is 73.4 cm³/mol. The Morgan fingerprint density at radius 2 is 2.00 bits per heavy atom. The van der Waals surface area contributed by atoms with Crippen molar-refractivity contribution >= 4 is 21.8 Å². The van der Waals surface area contributed by atoms with E-state index in [-0.39, 0.29) is 11.8 Å². The second-order valence-corrected chi connectivity index (χ2v) is 5.41. The molecule has 0 spiro atoms. The molecule has 0 fully saturated rings. The molecule has 0 saturated carbocycles. The van der Waals surface area contributed by atoms with Crippen molar-refractivity contribution in [3.63, 3.8) is 0 Å². The van der Waals surface area contributed by atoms with E-state index >= 15 is 0 Å². The minimum Gasteiger partial charge on any atom is -0.340 e. The van der Waals surface area contributed by atoms with Crippen molar-refractivity contribution in [2.45, 2.75) is 26.4 Å². The average Bonchev–Trinajstić information content (AvgIpc) is 2.30. The number of hydrogen-bond donors (Lipinski definition) is 1. The van der Waals surface area contributed by atoms with Crippen LogP contribution in [0.2, 0.25) is 0 Å². The van der Waals surface area contributed by atoms with E-state index in [1.54, 1.807) is 11.9 Å². The Balaban J connectivity index is 2.70. The summed E-state index contributed by atoms with van der Waals surface area (Å²) in [6.45, 7) is 4.48. The highest BCUT2D eigenvalue weighted by Gasteiger charge is 2.21. The molecule has 4 heteroatoms. The number of halogens is 1. The zero-order chi connectivity index (χ0) is 13.0. The molecule has 0 aliphatic carbocycles. The first-order valence-corrected chi connectivity index (χ1v) is 6.46. The number of benzene rings is 1. The van der Waals surface area contributed by atoms with E-state index < -0.39 is 6.04 Å². The normalized spacial score (nSPS) is 12.6. The molecule has 1 aromatic carbocycles. The minimum absolute atomic E-state index is 0.0178.